The van der Waals surface area contributed by atoms with Gasteiger partial charge in [0.15, 0.2) is 0 Å². The zero-order valence-corrected chi connectivity index (χ0v) is 6.55. The van der Waals surface area contributed by atoms with Gasteiger partial charge >= 0.3 is 0 Å². The summed E-state index contributed by atoms with van der Waals surface area (Å²) in [5.74, 6) is 4.86. The molecule has 10 heavy (non-hydrogen) atoms. The van der Waals surface area contributed by atoms with Crippen molar-refractivity contribution >= 4 is 0 Å². The quantitative estimate of drug-likeness (QED) is 0.480. The molecule has 0 nitrogen and oxygen atoms in total. The molecule has 3 fully saturated rings. The predicted octanol–water partition coefficient (Wildman–Crippen LogP) is 2.83. The van der Waals surface area contributed by atoms with E-state index >= 15 is 0 Å². The molecule has 0 bridgehead atoms. The Kier molecular flexibility index (Phi) is 1.00. The molecular formula is C10H16. The van der Waals surface area contributed by atoms with Crippen molar-refractivity contribution in [2.45, 2.75) is 38.5 Å². The Labute approximate surface area is 63.0 Å². The molecule has 0 heteroatoms. The van der Waals surface area contributed by atoms with Gasteiger partial charge in [-0.1, -0.05) is 25.7 Å². The highest BCUT2D eigenvalue weighted by Crippen LogP contribution is 2.61. The number of hydrogen-bond donors (Lipinski definition) is 0. The summed E-state index contributed by atoms with van der Waals surface area (Å²) >= 11 is 0. The summed E-state index contributed by atoms with van der Waals surface area (Å²) in [5, 5.41) is 0. The van der Waals surface area contributed by atoms with Crippen molar-refractivity contribution in [1.29, 1.82) is 0 Å². The highest BCUT2D eigenvalue weighted by molar-refractivity contribution is 5.02. The fourth-order valence-corrected chi connectivity index (χ4v) is 3.07. The SMILES string of the molecule is C1CC[C@H]2C[C@@H]2[C@@H]2C[C@@H]2C1. The van der Waals surface area contributed by atoms with Crippen molar-refractivity contribution < 1.29 is 0 Å². The van der Waals surface area contributed by atoms with E-state index in [9.17, 15) is 0 Å². The molecule has 0 heterocycles. The first kappa shape index (κ1) is 5.62. The fourth-order valence-electron chi connectivity index (χ4n) is 3.07. The molecule has 4 atom stereocenters. The van der Waals surface area contributed by atoms with Gasteiger partial charge in [-0.3, -0.25) is 0 Å². The normalized spacial score (nSPS) is 57.6. The van der Waals surface area contributed by atoms with E-state index in [2.05, 4.69) is 0 Å². The van der Waals surface area contributed by atoms with Crippen LogP contribution >= 0.6 is 0 Å². The third-order valence-electron chi connectivity index (χ3n) is 3.90. The van der Waals surface area contributed by atoms with E-state index < -0.39 is 0 Å². The second-order valence-electron chi connectivity index (χ2n) is 4.60. The Bertz CT molecular complexity index is 132. The monoisotopic (exact) mass is 136 g/mol. The van der Waals surface area contributed by atoms with Crippen LogP contribution in [0.25, 0.3) is 0 Å². The van der Waals surface area contributed by atoms with Crippen molar-refractivity contribution in [2.75, 3.05) is 0 Å². The molecule has 0 aromatic heterocycles. The lowest BCUT2D eigenvalue weighted by Gasteiger charge is -2.04. The zero-order valence-electron chi connectivity index (χ0n) is 6.55. The number of hydrogen-bond acceptors (Lipinski definition) is 0. The lowest BCUT2D eigenvalue weighted by Crippen LogP contribution is -1.94. The first-order valence-corrected chi connectivity index (χ1v) is 4.95. The summed E-state index contributed by atoms with van der Waals surface area (Å²) in [6.07, 6.45) is 9.47. The third-order valence-corrected chi connectivity index (χ3v) is 3.90. The van der Waals surface area contributed by atoms with E-state index in [4.69, 9.17) is 0 Å². The summed E-state index contributed by atoms with van der Waals surface area (Å²) < 4.78 is 0. The predicted molar refractivity (Wildman–Crippen MR) is 41.7 cm³/mol. The number of fused-ring (bicyclic) bond motifs is 3. The molecule has 56 valence electrons. The van der Waals surface area contributed by atoms with Gasteiger partial charge in [-0.05, 0) is 36.5 Å². The lowest BCUT2D eigenvalue weighted by molar-refractivity contribution is 0.467. The molecule has 0 amide bonds. The van der Waals surface area contributed by atoms with Gasteiger partial charge in [0.05, 0.1) is 0 Å². The van der Waals surface area contributed by atoms with Gasteiger partial charge in [0.2, 0.25) is 0 Å². The Morgan fingerprint density at radius 2 is 1.20 bits per heavy atom. The summed E-state index contributed by atoms with van der Waals surface area (Å²) in [4.78, 5) is 0. The van der Waals surface area contributed by atoms with Crippen LogP contribution in [0.1, 0.15) is 38.5 Å². The van der Waals surface area contributed by atoms with Crippen LogP contribution in [0.4, 0.5) is 0 Å². The highest BCUT2D eigenvalue weighted by atomic mass is 14.6. The van der Waals surface area contributed by atoms with Gasteiger partial charge in [0, 0.05) is 0 Å². The Hall–Kier alpha value is 0. The standard InChI is InChI=1S/C10H16/c1-2-4-8-6-10(8)9-5-7(9)3-1/h7-10H,1-6H2/t7-,8-,9-,10+/m0/s1. The molecule has 0 radical (unpaired) electrons. The van der Waals surface area contributed by atoms with E-state index in [1.165, 1.54) is 23.7 Å². The minimum Gasteiger partial charge on any atom is -0.0530 e. The average Bonchev–Trinajstić information content (AvgIpc) is 2.68. The van der Waals surface area contributed by atoms with Crippen molar-refractivity contribution in [1.82, 2.24) is 0 Å². The molecule has 0 aromatic rings. The van der Waals surface area contributed by atoms with Crippen LogP contribution < -0.4 is 0 Å². The summed E-state index contributed by atoms with van der Waals surface area (Å²) in [5.41, 5.74) is 0. The van der Waals surface area contributed by atoms with E-state index in [0.717, 1.165) is 0 Å². The molecule has 0 aliphatic heterocycles. The van der Waals surface area contributed by atoms with Crippen molar-refractivity contribution in [3.05, 3.63) is 0 Å². The smallest absolute Gasteiger partial charge is 0.0352 e. The van der Waals surface area contributed by atoms with Crippen molar-refractivity contribution in [2.24, 2.45) is 23.7 Å². The first-order chi connectivity index (χ1) is 4.95. The van der Waals surface area contributed by atoms with E-state index in [1.807, 2.05) is 0 Å². The van der Waals surface area contributed by atoms with Crippen LogP contribution in [0.15, 0.2) is 0 Å². The van der Waals surface area contributed by atoms with Crippen LogP contribution in [0.3, 0.4) is 0 Å². The summed E-state index contributed by atoms with van der Waals surface area (Å²) in [6, 6.07) is 0. The van der Waals surface area contributed by atoms with Crippen LogP contribution in [-0.2, 0) is 0 Å². The summed E-state index contributed by atoms with van der Waals surface area (Å²) in [6.45, 7) is 0. The largest absolute Gasteiger partial charge is 0.0530 e. The van der Waals surface area contributed by atoms with Crippen molar-refractivity contribution in [3.63, 3.8) is 0 Å². The molecule has 3 rings (SSSR count). The lowest BCUT2D eigenvalue weighted by atomic mass is 10.0. The minimum absolute atomic E-state index is 1.20. The maximum atomic E-state index is 1.61. The third kappa shape index (κ3) is 0.741. The molecule has 0 N–H and O–H groups in total. The molecule has 0 aromatic carbocycles. The molecule has 3 aliphatic carbocycles. The summed E-state index contributed by atoms with van der Waals surface area (Å²) in [7, 11) is 0. The maximum Gasteiger partial charge on any atom is -0.0352 e. The van der Waals surface area contributed by atoms with Gasteiger partial charge in [-0.2, -0.15) is 0 Å². The second-order valence-corrected chi connectivity index (χ2v) is 4.60. The Morgan fingerprint density at radius 3 is 1.70 bits per heavy atom. The van der Waals surface area contributed by atoms with Gasteiger partial charge in [-0.15, -0.1) is 0 Å². The Morgan fingerprint density at radius 1 is 0.700 bits per heavy atom. The van der Waals surface area contributed by atoms with Crippen LogP contribution in [0.5, 0.6) is 0 Å². The first-order valence-electron chi connectivity index (χ1n) is 4.95. The minimum atomic E-state index is 1.20. The molecule has 0 saturated heterocycles. The number of rotatable bonds is 0. The van der Waals surface area contributed by atoms with E-state index in [1.54, 1.807) is 38.5 Å². The van der Waals surface area contributed by atoms with Crippen LogP contribution in [0, 0.1) is 23.7 Å². The molecule has 0 unspecified atom stereocenters. The molecule has 0 spiro atoms. The zero-order chi connectivity index (χ0) is 6.55. The maximum absolute atomic E-state index is 1.61. The van der Waals surface area contributed by atoms with Gasteiger partial charge < -0.3 is 0 Å². The van der Waals surface area contributed by atoms with Gasteiger partial charge in [0.1, 0.15) is 0 Å². The Balaban J connectivity index is 1.72. The topological polar surface area (TPSA) is 0 Å². The van der Waals surface area contributed by atoms with Gasteiger partial charge in [0.25, 0.3) is 0 Å². The average molecular weight is 136 g/mol. The van der Waals surface area contributed by atoms with E-state index in [0.29, 0.717) is 0 Å². The molecule has 3 aliphatic rings. The molecule has 3 saturated carbocycles. The van der Waals surface area contributed by atoms with E-state index in [-0.39, 0.29) is 0 Å². The van der Waals surface area contributed by atoms with Gasteiger partial charge in [-0.25, -0.2) is 0 Å². The second kappa shape index (κ2) is 1.78. The fraction of sp³-hybridized carbons (Fsp3) is 1.00. The molecular weight excluding hydrogens is 120 g/mol. The van der Waals surface area contributed by atoms with Crippen LogP contribution in [0.2, 0.25) is 0 Å². The van der Waals surface area contributed by atoms with Crippen molar-refractivity contribution in [3.8, 4) is 0 Å². The van der Waals surface area contributed by atoms with Crippen LogP contribution in [-0.4, -0.2) is 0 Å². The highest BCUT2D eigenvalue weighted by Gasteiger charge is 2.53.